The van der Waals surface area contributed by atoms with Gasteiger partial charge < -0.3 is 21.3 Å². The second kappa shape index (κ2) is 13.1. The molecule has 0 saturated carbocycles. The maximum Gasteiger partial charge on any atom is 0.267 e. The Bertz CT molecular complexity index is 1150. The predicted molar refractivity (Wildman–Crippen MR) is 138 cm³/mol. The number of amides is 3. The van der Waals surface area contributed by atoms with Crippen molar-refractivity contribution in [3.8, 4) is 11.1 Å². The van der Waals surface area contributed by atoms with Crippen LogP contribution in [0.4, 0.5) is 5.69 Å². The number of carbonyl (C=O) groups excluding carboxylic acids is 3. The lowest BCUT2D eigenvalue weighted by molar-refractivity contribution is -0.131. The van der Waals surface area contributed by atoms with Gasteiger partial charge in [0.1, 0.15) is 6.04 Å². The number of anilines is 1. The van der Waals surface area contributed by atoms with Gasteiger partial charge in [0, 0.05) is 23.8 Å². The third kappa shape index (κ3) is 7.47. The molecule has 36 heavy (non-hydrogen) atoms. The molecule has 3 aromatic carbocycles. The maximum absolute atomic E-state index is 12.6. The lowest BCUT2D eigenvalue weighted by Gasteiger charge is -2.22. The van der Waals surface area contributed by atoms with Gasteiger partial charge in [0.05, 0.1) is 6.54 Å². The van der Waals surface area contributed by atoms with Crippen LogP contribution < -0.4 is 26.7 Å². The molecule has 0 aliphatic carbocycles. The summed E-state index contributed by atoms with van der Waals surface area (Å²) in [5.74, 6) is -1.27. The fourth-order valence-electron chi connectivity index (χ4n) is 3.56. The highest BCUT2D eigenvalue weighted by Crippen LogP contribution is 2.22. The molecule has 6 N–H and O–H groups in total. The van der Waals surface area contributed by atoms with Crippen LogP contribution in [0.15, 0.2) is 78.9 Å². The Morgan fingerprint density at radius 2 is 1.47 bits per heavy atom. The minimum Gasteiger partial charge on any atom is -0.339 e. The Morgan fingerprint density at radius 1 is 0.861 bits per heavy atom. The average Bonchev–Trinajstić information content (AvgIpc) is 2.92. The van der Waals surface area contributed by atoms with E-state index in [1.54, 1.807) is 43.7 Å². The van der Waals surface area contributed by atoms with Gasteiger partial charge in [-0.1, -0.05) is 54.6 Å². The van der Waals surface area contributed by atoms with Gasteiger partial charge in [0.15, 0.2) is 0 Å². The van der Waals surface area contributed by atoms with E-state index in [2.05, 4.69) is 21.3 Å². The Kier molecular flexibility index (Phi) is 9.70. The molecule has 0 radical (unpaired) electrons. The van der Waals surface area contributed by atoms with Crippen molar-refractivity contribution in [2.75, 3.05) is 18.9 Å². The predicted octanol–water partition coefficient (Wildman–Crippen LogP) is 2.29. The van der Waals surface area contributed by atoms with Crippen molar-refractivity contribution in [1.82, 2.24) is 21.4 Å². The second-order valence-electron chi connectivity index (χ2n) is 8.30. The van der Waals surface area contributed by atoms with Gasteiger partial charge in [0.2, 0.25) is 5.91 Å². The van der Waals surface area contributed by atoms with Gasteiger partial charge in [0.25, 0.3) is 11.8 Å². The van der Waals surface area contributed by atoms with Crippen LogP contribution in [0, 0.1) is 0 Å². The van der Waals surface area contributed by atoms with E-state index >= 15 is 0 Å². The molecule has 3 rings (SSSR count). The summed E-state index contributed by atoms with van der Waals surface area (Å²) >= 11 is 0. The SMILES string of the molecule is CNC(C)C(NC(=O)c1ccc(-c2ccc(NC(=O)CNCc3ccccc3)cc2)cc1)C(=O)NO. The van der Waals surface area contributed by atoms with Gasteiger partial charge in [-0.3, -0.25) is 19.6 Å². The largest absolute Gasteiger partial charge is 0.339 e. The van der Waals surface area contributed by atoms with Crippen LogP contribution in [0.2, 0.25) is 0 Å². The van der Waals surface area contributed by atoms with Gasteiger partial charge in [-0.15, -0.1) is 0 Å². The summed E-state index contributed by atoms with van der Waals surface area (Å²) in [5.41, 5.74) is 5.57. The number of hydroxylamine groups is 1. The third-order valence-corrected chi connectivity index (χ3v) is 5.74. The highest BCUT2D eigenvalue weighted by atomic mass is 16.5. The zero-order valence-electron chi connectivity index (χ0n) is 20.2. The number of nitrogens with one attached hydrogen (secondary N) is 5. The first-order valence-electron chi connectivity index (χ1n) is 11.6. The highest BCUT2D eigenvalue weighted by Gasteiger charge is 2.26. The second-order valence-corrected chi connectivity index (χ2v) is 8.30. The number of hydrogen-bond acceptors (Lipinski definition) is 6. The summed E-state index contributed by atoms with van der Waals surface area (Å²) in [7, 11) is 1.66. The van der Waals surface area contributed by atoms with E-state index in [9.17, 15) is 14.4 Å². The first-order chi connectivity index (χ1) is 17.4. The molecule has 0 saturated heterocycles. The number of likely N-dealkylation sites (N-methyl/N-ethyl adjacent to an activating group) is 1. The molecule has 3 aromatic rings. The Balaban J connectivity index is 1.54. The fourth-order valence-corrected chi connectivity index (χ4v) is 3.56. The van der Waals surface area contributed by atoms with Crippen molar-refractivity contribution in [2.45, 2.75) is 25.6 Å². The minimum absolute atomic E-state index is 0.130. The first-order valence-corrected chi connectivity index (χ1v) is 11.6. The summed E-state index contributed by atoms with van der Waals surface area (Å²) in [6.07, 6.45) is 0. The molecule has 0 aliphatic rings. The van der Waals surface area contributed by atoms with E-state index in [1.807, 2.05) is 54.6 Å². The van der Waals surface area contributed by atoms with Crippen LogP contribution in [0.1, 0.15) is 22.8 Å². The summed E-state index contributed by atoms with van der Waals surface area (Å²) in [4.78, 5) is 36.7. The van der Waals surface area contributed by atoms with E-state index in [0.717, 1.165) is 16.7 Å². The number of carbonyl (C=O) groups is 3. The average molecular weight is 490 g/mol. The summed E-state index contributed by atoms with van der Waals surface area (Å²) in [6.45, 7) is 2.54. The molecule has 3 amide bonds. The number of benzene rings is 3. The topological polar surface area (TPSA) is 132 Å². The van der Waals surface area contributed by atoms with Gasteiger partial charge in [-0.2, -0.15) is 0 Å². The Morgan fingerprint density at radius 3 is 2.06 bits per heavy atom. The minimum atomic E-state index is -0.941. The van der Waals surface area contributed by atoms with Crippen LogP contribution in [0.5, 0.6) is 0 Å². The van der Waals surface area contributed by atoms with Crippen molar-refractivity contribution in [3.63, 3.8) is 0 Å². The molecular formula is C27H31N5O4. The molecule has 0 bridgehead atoms. The molecule has 0 spiro atoms. The van der Waals surface area contributed by atoms with Crippen LogP contribution in [0.3, 0.4) is 0 Å². The molecule has 188 valence electrons. The fraction of sp³-hybridized carbons (Fsp3) is 0.222. The van der Waals surface area contributed by atoms with Crippen LogP contribution in [-0.2, 0) is 16.1 Å². The monoisotopic (exact) mass is 489 g/mol. The van der Waals surface area contributed by atoms with Gasteiger partial charge in [-0.25, -0.2) is 5.48 Å². The van der Waals surface area contributed by atoms with Crippen molar-refractivity contribution in [1.29, 1.82) is 0 Å². The lowest BCUT2D eigenvalue weighted by atomic mass is 10.0. The molecule has 2 unspecified atom stereocenters. The summed E-state index contributed by atoms with van der Waals surface area (Å²) in [5, 5.41) is 20.4. The van der Waals surface area contributed by atoms with Crippen molar-refractivity contribution < 1.29 is 19.6 Å². The van der Waals surface area contributed by atoms with Gasteiger partial charge in [-0.05, 0) is 54.9 Å². The zero-order valence-corrected chi connectivity index (χ0v) is 20.2. The quantitative estimate of drug-likeness (QED) is 0.181. The molecular weight excluding hydrogens is 458 g/mol. The lowest BCUT2D eigenvalue weighted by Crippen LogP contribution is -2.55. The maximum atomic E-state index is 12.6. The normalized spacial score (nSPS) is 12.3. The zero-order chi connectivity index (χ0) is 25.9. The summed E-state index contributed by atoms with van der Waals surface area (Å²) in [6, 6.07) is 22.9. The Labute approximate surface area is 210 Å². The van der Waals surface area contributed by atoms with Crippen molar-refractivity contribution in [3.05, 3.63) is 90.0 Å². The van der Waals surface area contributed by atoms with Crippen LogP contribution in [-0.4, -0.2) is 48.6 Å². The van der Waals surface area contributed by atoms with E-state index < -0.39 is 17.9 Å². The molecule has 0 fully saturated rings. The first kappa shape index (κ1) is 26.6. The molecule has 0 heterocycles. The van der Waals surface area contributed by atoms with Gasteiger partial charge >= 0.3 is 0 Å². The van der Waals surface area contributed by atoms with E-state index in [1.165, 1.54) is 0 Å². The van der Waals surface area contributed by atoms with Crippen molar-refractivity contribution in [2.24, 2.45) is 0 Å². The number of rotatable bonds is 11. The molecule has 9 heteroatoms. The standard InChI is InChI=1S/C27H31N5O4/c1-18(28-2)25(27(35)32-36)31-26(34)22-10-8-20(9-11-22)21-12-14-23(15-13-21)30-24(33)17-29-16-19-6-4-3-5-7-19/h3-15,18,25,28-29,36H,16-17H2,1-2H3,(H,30,33)(H,31,34)(H,32,35). The number of hydrogen-bond donors (Lipinski definition) is 6. The van der Waals surface area contributed by atoms with Crippen LogP contribution >= 0.6 is 0 Å². The third-order valence-electron chi connectivity index (χ3n) is 5.74. The summed E-state index contributed by atoms with van der Waals surface area (Å²) < 4.78 is 0. The van der Waals surface area contributed by atoms with E-state index in [0.29, 0.717) is 17.8 Å². The molecule has 2 atom stereocenters. The van der Waals surface area contributed by atoms with E-state index in [-0.39, 0.29) is 18.5 Å². The molecule has 0 aromatic heterocycles. The van der Waals surface area contributed by atoms with Crippen LogP contribution in [0.25, 0.3) is 11.1 Å². The van der Waals surface area contributed by atoms with E-state index in [4.69, 9.17) is 5.21 Å². The molecule has 9 nitrogen and oxygen atoms in total. The molecule has 0 aliphatic heterocycles. The van der Waals surface area contributed by atoms with Crippen molar-refractivity contribution >= 4 is 23.4 Å². The highest BCUT2D eigenvalue weighted by molar-refractivity contribution is 5.98. The smallest absolute Gasteiger partial charge is 0.267 e. The Hall–Kier alpha value is -4.05.